The van der Waals surface area contributed by atoms with Crippen molar-refractivity contribution in [3.05, 3.63) is 90.0 Å². The Bertz CT molecular complexity index is 882. The van der Waals surface area contributed by atoms with E-state index in [4.69, 9.17) is 0 Å². The van der Waals surface area contributed by atoms with E-state index in [1.165, 1.54) is 16.7 Å². The first-order valence-corrected chi connectivity index (χ1v) is 9.50. The van der Waals surface area contributed by atoms with Crippen molar-refractivity contribution in [2.24, 2.45) is 0 Å². The van der Waals surface area contributed by atoms with Crippen LogP contribution in [0.25, 0.3) is 0 Å². The van der Waals surface area contributed by atoms with Gasteiger partial charge in [-0.3, -0.25) is 0 Å². The van der Waals surface area contributed by atoms with Crippen molar-refractivity contribution in [3.8, 4) is 5.75 Å². The van der Waals surface area contributed by atoms with Crippen molar-refractivity contribution in [2.45, 2.75) is 22.8 Å². The van der Waals surface area contributed by atoms with Crippen molar-refractivity contribution in [1.29, 1.82) is 0 Å². The lowest BCUT2D eigenvalue weighted by Crippen LogP contribution is -2.30. The van der Waals surface area contributed by atoms with E-state index in [0.717, 1.165) is 20.9 Å². The summed E-state index contributed by atoms with van der Waals surface area (Å²) < 4.78 is 0. The van der Waals surface area contributed by atoms with E-state index in [1.807, 2.05) is 66.7 Å². The number of carboxylic acid groups (broad SMARTS) is 1. The fraction of sp³-hybridized carbons (Fsp3) is 0.136. The predicted octanol–water partition coefficient (Wildman–Crippen LogP) is 5.27. The zero-order chi connectivity index (χ0) is 19.1. The highest BCUT2D eigenvalue weighted by atomic mass is 32.2. The molecule has 2 N–H and O–H groups in total. The molecule has 0 aliphatic carbocycles. The van der Waals surface area contributed by atoms with Gasteiger partial charge in [0.25, 0.3) is 0 Å². The number of hydrogen-bond donors (Lipinski definition) is 2. The van der Waals surface area contributed by atoms with E-state index < -0.39 is 6.09 Å². The Labute approximate surface area is 163 Å². The van der Waals surface area contributed by atoms with Crippen molar-refractivity contribution in [2.75, 3.05) is 6.54 Å². The Hall–Kier alpha value is -2.92. The molecule has 4 nitrogen and oxygen atoms in total. The molecule has 0 aliphatic heterocycles. The molecule has 0 radical (unpaired) electrons. The number of carbonyl (C=O) groups is 1. The normalized spacial score (nSPS) is 10.5. The summed E-state index contributed by atoms with van der Waals surface area (Å²) in [6, 6.07) is 24.8. The Kier molecular flexibility index (Phi) is 6.39. The molecule has 0 aromatic heterocycles. The standard InChI is InChI=1S/C22H21NO3S/c24-20-8-4-5-9-21(20)27-19-12-10-17(11-13-19)14-15-23(22(25)26)16-18-6-2-1-3-7-18/h1-13,24H,14-16H2,(H,25,26). The number of phenolic OH excluding ortho intramolecular Hbond substituents is 1. The van der Waals surface area contributed by atoms with Gasteiger partial charge in [-0.25, -0.2) is 4.79 Å². The lowest BCUT2D eigenvalue weighted by molar-refractivity contribution is 0.143. The summed E-state index contributed by atoms with van der Waals surface area (Å²) in [7, 11) is 0. The molecule has 5 heteroatoms. The smallest absolute Gasteiger partial charge is 0.407 e. The molecule has 3 aromatic carbocycles. The lowest BCUT2D eigenvalue weighted by atomic mass is 10.1. The van der Waals surface area contributed by atoms with Gasteiger partial charge in [-0.1, -0.05) is 66.4 Å². The van der Waals surface area contributed by atoms with E-state index in [1.54, 1.807) is 12.1 Å². The zero-order valence-corrected chi connectivity index (χ0v) is 15.6. The summed E-state index contributed by atoms with van der Waals surface area (Å²) >= 11 is 1.50. The lowest BCUT2D eigenvalue weighted by Gasteiger charge is -2.19. The summed E-state index contributed by atoms with van der Waals surface area (Å²) in [6.07, 6.45) is -0.258. The van der Waals surface area contributed by atoms with Gasteiger partial charge in [-0.05, 0) is 41.8 Å². The molecule has 0 fully saturated rings. The maximum atomic E-state index is 11.5. The minimum Gasteiger partial charge on any atom is -0.507 e. The van der Waals surface area contributed by atoms with Crippen LogP contribution in [0, 0.1) is 0 Å². The van der Waals surface area contributed by atoms with Crippen molar-refractivity contribution < 1.29 is 15.0 Å². The number of rotatable bonds is 7. The molecule has 0 saturated carbocycles. The Morgan fingerprint density at radius 2 is 1.52 bits per heavy atom. The molecule has 0 spiro atoms. The molecule has 0 atom stereocenters. The van der Waals surface area contributed by atoms with Gasteiger partial charge in [-0.15, -0.1) is 0 Å². The van der Waals surface area contributed by atoms with Crippen LogP contribution >= 0.6 is 11.8 Å². The number of benzene rings is 3. The SMILES string of the molecule is O=C(O)N(CCc1ccc(Sc2ccccc2O)cc1)Cc1ccccc1. The van der Waals surface area contributed by atoms with E-state index in [-0.39, 0.29) is 5.75 Å². The second-order valence-corrected chi connectivity index (χ2v) is 7.27. The summed E-state index contributed by atoms with van der Waals surface area (Å²) in [4.78, 5) is 14.8. The third kappa shape index (κ3) is 5.53. The third-order valence-electron chi connectivity index (χ3n) is 4.17. The van der Waals surface area contributed by atoms with Gasteiger partial charge in [0, 0.05) is 18.0 Å². The predicted molar refractivity (Wildman–Crippen MR) is 107 cm³/mol. The minimum absolute atomic E-state index is 0.268. The summed E-state index contributed by atoms with van der Waals surface area (Å²) in [5.41, 5.74) is 2.06. The first kappa shape index (κ1) is 18.9. The third-order valence-corrected chi connectivity index (χ3v) is 5.25. The number of amides is 1. The molecule has 27 heavy (non-hydrogen) atoms. The molecule has 138 valence electrons. The summed E-state index contributed by atoms with van der Waals surface area (Å²) in [5, 5.41) is 19.3. The van der Waals surface area contributed by atoms with E-state index in [9.17, 15) is 15.0 Å². The number of nitrogens with zero attached hydrogens (tertiary/aromatic N) is 1. The molecule has 0 bridgehead atoms. The van der Waals surface area contributed by atoms with Gasteiger partial charge in [0.1, 0.15) is 5.75 Å². The van der Waals surface area contributed by atoms with Gasteiger partial charge >= 0.3 is 6.09 Å². The zero-order valence-electron chi connectivity index (χ0n) is 14.8. The summed E-state index contributed by atoms with van der Waals surface area (Å²) in [5.74, 6) is 0.268. The van der Waals surface area contributed by atoms with Crippen LogP contribution in [0.15, 0.2) is 88.7 Å². The number of aromatic hydroxyl groups is 1. The number of para-hydroxylation sites is 1. The van der Waals surface area contributed by atoms with Gasteiger partial charge in [0.15, 0.2) is 0 Å². The topological polar surface area (TPSA) is 60.8 Å². The Morgan fingerprint density at radius 3 is 2.19 bits per heavy atom. The molecule has 0 unspecified atom stereocenters. The molecule has 0 heterocycles. The monoisotopic (exact) mass is 379 g/mol. The van der Waals surface area contributed by atoms with E-state index >= 15 is 0 Å². The Morgan fingerprint density at radius 1 is 0.852 bits per heavy atom. The average molecular weight is 379 g/mol. The van der Waals surface area contributed by atoms with E-state index in [2.05, 4.69) is 0 Å². The fourth-order valence-electron chi connectivity index (χ4n) is 2.70. The van der Waals surface area contributed by atoms with Crippen LogP contribution in [0.1, 0.15) is 11.1 Å². The second-order valence-electron chi connectivity index (χ2n) is 6.15. The molecular weight excluding hydrogens is 358 g/mol. The molecule has 3 aromatic rings. The van der Waals surface area contributed by atoms with Crippen LogP contribution in [0.4, 0.5) is 4.79 Å². The minimum atomic E-state index is -0.911. The molecule has 0 aliphatic rings. The average Bonchev–Trinajstić information content (AvgIpc) is 2.68. The van der Waals surface area contributed by atoms with Gasteiger partial charge < -0.3 is 15.1 Å². The molecule has 1 amide bonds. The van der Waals surface area contributed by atoms with Crippen LogP contribution in [0.2, 0.25) is 0 Å². The highest BCUT2D eigenvalue weighted by Gasteiger charge is 2.12. The second kappa shape index (κ2) is 9.14. The van der Waals surface area contributed by atoms with Crippen molar-refractivity contribution >= 4 is 17.9 Å². The van der Waals surface area contributed by atoms with Crippen molar-refractivity contribution in [3.63, 3.8) is 0 Å². The molecule has 3 rings (SSSR count). The fourth-order valence-corrected chi connectivity index (χ4v) is 3.55. The first-order valence-electron chi connectivity index (χ1n) is 8.68. The highest BCUT2D eigenvalue weighted by molar-refractivity contribution is 7.99. The summed E-state index contributed by atoms with van der Waals surface area (Å²) in [6.45, 7) is 0.827. The number of hydrogen-bond acceptors (Lipinski definition) is 3. The van der Waals surface area contributed by atoms with Gasteiger partial charge in [-0.2, -0.15) is 0 Å². The van der Waals surface area contributed by atoms with Crippen LogP contribution < -0.4 is 0 Å². The van der Waals surface area contributed by atoms with Crippen LogP contribution in [-0.4, -0.2) is 27.8 Å². The quantitative estimate of drug-likeness (QED) is 0.587. The Balaban J connectivity index is 1.58. The van der Waals surface area contributed by atoms with Crippen LogP contribution in [0.3, 0.4) is 0 Å². The molecular formula is C22H21NO3S. The largest absolute Gasteiger partial charge is 0.507 e. The molecule has 0 saturated heterocycles. The van der Waals surface area contributed by atoms with Crippen LogP contribution in [-0.2, 0) is 13.0 Å². The first-order chi connectivity index (χ1) is 13.1. The van der Waals surface area contributed by atoms with Crippen molar-refractivity contribution in [1.82, 2.24) is 4.90 Å². The van der Waals surface area contributed by atoms with E-state index in [0.29, 0.717) is 19.5 Å². The van der Waals surface area contributed by atoms with Gasteiger partial charge in [0.05, 0.1) is 4.90 Å². The van der Waals surface area contributed by atoms with Gasteiger partial charge in [0.2, 0.25) is 0 Å². The highest BCUT2D eigenvalue weighted by Crippen LogP contribution is 2.33. The van der Waals surface area contributed by atoms with Crippen LogP contribution in [0.5, 0.6) is 5.75 Å². The number of phenols is 1. The maximum Gasteiger partial charge on any atom is 0.407 e. The maximum absolute atomic E-state index is 11.5.